The number of nitrogens with one attached hydrogen (secondary N) is 1. The molecule has 188 valence electrons. The Morgan fingerprint density at radius 1 is 1.14 bits per heavy atom. The molecule has 6 heteroatoms. The molecule has 2 aromatic carbocycles. The number of ether oxygens (including phenoxy) is 2. The monoisotopic (exact) mass is 480 g/mol. The Hall–Kier alpha value is -2.60. The number of benzene rings is 2. The lowest BCUT2D eigenvalue weighted by atomic mass is 9.70. The van der Waals surface area contributed by atoms with Gasteiger partial charge < -0.3 is 14.8 Å². The van der Waals surface area contributed by atoms with Crippen molar-refractivity contribution < 1.29 is 18.7 Å². The summed E-state index contributed by atoms with van der Waals surface area (Å²) in [6.45, 7) is 11.3. The molecule has 0 unspecified atom stereocenters. The van der Waals surface area contributed by atoms with Gasteiger partial charge in [0.25, 0.3) is 0 Å². The van der Waals surface area contributed by atoms with Crippen molar-refractivity contribution >= 4 is 6.09 Å². The summed E-state index contributed by atoms with van der Waals surface area (Å²) < 4.78 is 27.1. The zero-order valence-electron chi connectivity index (χ0n) is 21.3. The zero-order chi connectivity index (χ0) is 24.7. The van der Waals surface area contributed by atoms with Gasteiger partial charge in [-0.05, 0) is 105 Å². The third kappa shape index (κ3) is 5.04. The van der Waals surface area contributed by atoms with E-state index >= 15 is 4.39 Å². The van der Waals surface area contributed by atoms with Crippen molar-refractivity contribution in [3.63, 3.8) is 0 Å². The van der Waals surface area contributed by atoms with Gasteiger partial charge in [0.15, 0.2) is 0 Å². The topological polar surface area (TPSA) is 50.8 Å². The zero-order valence-corrected chi connectivity index (χ0v) is 21.3. The molecule has 0 aromatic heterocycles. The number of amides is 1. The van der Waals surface area contributed by atoms with Crippen molar-refractivity contribution in [3.8, 4) is 16.9 Å². The first kappa shape index (κ1) is 24.1. The van der Waals surface area contributed by atoms with Crippen LogP contribution in [0.5, 0.6) is 5.75 Å². The van der Waals surface area contributed by atoms with E-state index in [-0.39, 0.29) is 35.6 Å². The molecule has 4 aliphatic rings. The summed E-state index contributed by atoms with van der Waals surface area (Å²) in [5, 5.41) is 3.12. The van der Waals surface area contributed by atoms with Crippen LogP contribution >= 0.6 is 0 Å². The van der Waals surface area contributed by atoms with Crippen LogP contribution in [0.15, 0.2) is 36.4 Å². The number of carbonyl (C=O) groups excluding carboxylic acids is 1. The highest BCUT2D eigenvalue weighted by Gasteiger charge is 2.40. The molecule has 1 amide bonds. The van der Waals surface area contributed by atoms with E-state index in [0.717, 1.165) is 67.8 Å². The summed E-state index contributed by atoms with van der Waals surface area (Å²) in [4.78, 5) is 15.3. The van der Waals surface area contributed by atoms with E-state index in [9.17, 15) is 4.79 Å². The quantitative estimate of drug-likeness (QED) is 0.561. The minimum absolute atomic E-state index is 0.0505. The molecule has 3 heterocycles. The molecule has 1 N–H and O–H groups in total. The fraction of sp³-hybridized carbons (Fsp3) is 0.552. The van der Waals surface area contributed by atoms with Crippen molar-refractivity contribution in [1.29, 1.82) is 0 Å². The second-order valence-corrected chi connectivity index (χ2v) is 11.4. The van der Waals surface area contributed by atoms with E-state index in [1.165, 1.54) is 0 Å². The first-order chi connectivity index (χ1) is 16.7. The molecule has 0 radical (unpaired) electrons. The maximum atomic E-state index is 15.4. The lowest BCUT2D eigenvalue weighted by molar-refractivity contribution is -0.0353. The minimum Gasteiger partial charge on any atom is -0.491 e. The summed E-state index contributed by atoms with van der Waals surface area (Å²) in [5.41, 5.74) is 3.13. The molecular formula is C29H37FN2O3. The summed E-state index contributed by atoms with van der Waals surface area (Å²) in [6, 6.07) is 10.8. The minimum atomic E-state index is -0.389. The highest BCUT2D eigenvalue weighted by Crippen LogP contribution is 2.45. The Kier molecular flexibility index (Phi) is 6.51. The van der Waals surface area contributed by atoms with Gasteiger partial charge in [0.05, 0.1) is 12.1 Å². The SMILES string of the molecule is CC(C)Oc1ccc(-c2cc3c(cc2F)[C@H](NC(=O)O[C@H]2CN4CCC2CC4)C(C)(C)CC3)cc1. The first-order valence-electron chi connectivity index (χ1n) is 13.0. The van der Waals surface area contributed by atoms with Gasteiger partial charge >= 0.3 is 6.09 Å². The molecule has 3 saturated heterocycles. The van der Waals surface area contributed by atoms with E-state index in [1.54, 1.807) is 6.07 Å². The van der Waals surface area contributed by atoms with Crippen LogP contribution in [0.25, 0.3) is 11.1 Å². The number of rotatable bonds is 5. The predicted molar refractivity (Wildman–Crippen MR) is 135 cm³/mol. The van der Waals surface area contributed by atoms with Gasteiger partial charge in [0.2, 0.25) is 0 Å². The van der Waals surface area contributed by atoms with E-state index in [2.05, 4.69) is 24.1 Å². The number of fused-ring (bicyclic) bond motifs is 4. The number of piperidine rings is 3. The molecular weight excluding hydrogens is 443 g/mol. The van der Waals surface area contributed by atoms with Crippen LogP contribution in [0.3, 0.4) is 0 Å². The Morgan fingerprint density at radius 2 is 1.86 bits per heavy atom. The molecule has 6 rings (SSSR count). The van der Waals surface area contributed by atoms with Crippen molar-refractivity contribution in [2.75, 3.05) is 19.6 Å². The Morgan fingerprint density at radius 3 is 2.49 bits per heavy atom. The molecule has 3 fully saturated rings. The number of nitrogens with zero attached hydrogens (tertiary/aromatic N) is 1. The molecule has 35 heavy (non-hydrogen) atoms. The average molecular weight is 481 g/mol. The van der Waals surface area contributed by atoms with Crippen LogP contribution in [0.2, 0.25) is 0 Å². The summed E-state index contributed by atoms with van der Waals surface area (Å²) in [6.07, 6.45) is 3.58. The fourth-order valence-corrected chi connectivity index (χ4v) is 5.95. The molecule has 0 saturated carbocycles. The van der Waals surface area contributed by atoms with Crippen molar-refractivity contribution in [2.45, 2.75) is 71.6 Å². The van der Waals surface area contributed by atoms with Crippen molar-refractivity contribution in [2.24, 2.45) is 11.3 Å². The van der Waals surface area contributed by atoms with Crippen LogP contribution in [-0.2, 0) is 11.2 Å². The maximum Gasteiger partial charge on any atom is 0.407 e. The summed E-state index contributed by atoms with van der Waals surface area (Å²) in [7, 11) is 0. The third-order valence-electron chi connectivity index (χ3n) is 8.01. The van der Waals surface area contributed by atoms with Crippen LogP contribution in [0.1, 0.15) is 64.1 Å². The van der Waals surface area contributed by atoms with E-state index in [1.807, 2.05) is 44.2 Å². The predicted octanol–water partition coefficient (Wildman–Crippen LogP) is 6.11. The van der Waals surface area contributed by atoms with Gasteiger partial charge in [-0.3, -0.25) is 4.90 Å². The van der Waals surface area contributed by atoms with Gasteiger partial charge in [-0.1, -0.05) is 26.0 Å². The molecule has 1 aliphatic carbocycles. The highest BCUT2D eigenvalue weighted by atomic mass is 19.1. The van der Waals surface area contributed by atoms with Crippen LogP contribution in [0, 0.1) is 17.2 Å². The van der Waals surface area contributed by atoms with Crippen molar-refractivity contribution in [3.05, 3.63) is 53.3 Å². The van der Waals surface area contributed by atoms with Gasteiger partial charge in [-0.15, -0.1) is 0 Å². The van der Waals surface area contributed by atoms with Crippen LogP contribution in [-0.4, -0.2) is 42.8 Å². The lowest BCUT2D eigenvalue weighted by Gasteiger charge is -2.44. The van der Waals surface area contributed by atoms with E-state index < -0.39 is 0 Å². The molecule has 0 spiro atoms. The Labute approximate surface area is 208 Å². The van der Waals surface area contributed by atoms with Gasteiger partial charge in [0.1, 0.15) is 17.7 Å². The molecule has 2 bridgehead atoms. The average Bonchev–Trinajstić information content (AvgIpc) is 2.82. The Bertz CT molecular complexity index is 1070. The number of hydrogen-bond donors (Lipinski definition) is 1. The number of hydrogen-bond acceptors (Lipinski definition) is 4. The fourth-order valence-electron chi connectivity index (χ4n) is 5.95. The molecule has 2 aromatic rings. The standard InChI is InChI=1S/C29H37FN2O3/c1-18(2)34-22-7-5-19(6-8-22)23-15-21-9-12-29(3,4)27(24(21)16-25(23)30)31-28(33)35-26-17-32-13-10-20(26)11-14-32/h5-8,15-16,18,20,26-27H,9-14,17H2,1-4H3,(H,31,33)/t26-,27-/m0/s1. The lowest BCUT2D eigenvalue weighted by Crippen LogP contribution is -2.53. The van der Waals surface area contributed by atoms with Gasteiger partial charge in [-0.2, -0.15) is 0 Å². The number of alkyl carbamates (subject to hydrolysis) is 1. The molecule has 2 atom stereocenters. The molecule has 3 aliphatic heterocycles. The maximum absolute atomic E-state index is 15.4. The largest absolute Gasteiger partial charge is 0.491 e. The smallest absolute Gasteiger partial charge is 0.407 e. The first-order valence-corrected chi connectivity index (χ1v) is 13.0. The second-order valence-electron chi connectivity index (χ2n) is 11.4. The van der Waals surface area contributed by atoms with Crippen LogP contribution < -0.4 is 10.1 Å². The number of halogens is 1. The summed E-state index contributed by atoms with van der Waals surface area (Å²) >= 11 is 0. The third-order valence-corrected chi connectivity index (χ3v) is 8.01. The number of aryl methyl sites for hydroxylation is 1. The number of carbonyl (C=O) groups is 1. The summed E-state index contributed by atoms with van der Waals surface area (Å²) in [5.74, 6) is 0.945. The Balaban J connectivity index is 1.36. The second kappa shape index (κ2) is 9.45. The van der Waals surface area contributed by atoms with Crippen molar-refractivity contribution in [1.82, 2.24) is 10.2 Å². The van der Waals surface area contributed by atoms with Gasteiger partial charge in [-0.25, -0.2) is 9.18 Å². The normalized spacial score (nSPS) is 26.8. The van der Waals surface area contributed by atoms with Gasteiger partial charge in [0, 0.05) is 12.1 Å². The van der Waals surface area contributed by atoms with E-state index in [0.29, 0.717) is 11.5 Å². The van der Waals surface area contributed by atoms with Crippen LogP contribution in [0.4, 0.5) is 9.18 Å². The highest BCUT2D eigenvalue weighted by molar-refractivity contribution is 5.70. The molecule has 5 nitrogen and oxygen atoms in total. The van der Waals surface area contributed by atoms with E-state index in [4.69, 9.17) is 9.47 Å².